The molecule has 0 heterocycles. The average molecular weight is 230 g/mol. The standard InChI is InChI=1S/C15H18O2/c16-15(17)11-8-12-6-9-14(10-7-12)13-4-2-1-3-5-13/h6-11,13H,1-5H2,(H,16,17)/b11-8+. The van der Waals surface area contributed by atoms with Crippen LogP contribution in [-0.2, 0) is 4.79 Å². The Hall–Kier alpha value is -1.57. The molecule has 0 spiro atoms. The molecule has 0 atom stereocenters. The molecule has 2 nitrogen and oxygen atoms in total. The van der Waals surface area contributed by atoms with Crippen LogP contribution in [0.2, 0.25) is 0 Å². The minimum Gasteiger partial charge on any atom is -0.478 e. The lowest BCUT2D eigenvalue weighted by atomic mass is 9.84. The highest BCUT2D eigenvalue weighted by molar-refractivity contribution is 5.85. The molecule has 0 aromatic heterocycles. The van der Waals surface area contributed by atoms with Gasteiger partial charge in [0.2, 0.25) is 0 Å². The number of carboxylic acids is 1. The summed E-state index contributed by atoms with van der Waals surface area (Å²) in [5, 5.41) is 8.55. The number of hydrogen-bond donors (Lipinski definition) is 1. The molecule has 17 heavy (non-hydrogen) atoms. The van der Waals surface area contributed by atoms with Gasteiger partial charge in [0.05, 0.1) is 0 Å². The molecule has 1 fully saturated rings. The summed E-state index contributed by atoms with van der Waals surface area (Å²) >= 11 is 0. The fraction of sp³-hybridized carbons (Fsp3) is 0.400. The number of carboxylic acid groups (broad SMARTS) is 1. The summed E-state index contributed by atoms with van der Waals surface area (Å²) in [5.74, 6) is -0.192. The van der Waals surface area contributed by atoms with E-state index < -0.39 is 5.97 Å². The maximum Gasteiger partial charge on any atom is 0.328 e. The zero-order valence-electron chi connectivity index (χ0n) is 9.93. The molecule has 1 aliphatic carbocycles. The van der Waals surface area contributed by atoms with Gasteiger partial charge in [-0.15, -0.1) is 0 Å². The number of hydrogen-bond acceptors (Lipinski definition) is 1. The Bertz CT molecular complexity index is 397. The molecule has 1 saturated carbocycles. The molecule has 2 heteroatoms. The monoisotopic (exact) mass is 230 g/mol. The number of benzene rings is 1. The van der Waals surface area contributed by atoms with Gasteiger partial charge in [-0.25, -0.2) is 4.79 Å². The third-order valence-corrected chi connectivity index (χ3v) is 3.43. The third-order valence-electron chi connectivity index (χ3n) is 3.43. The first kappa shape index (κ1) is 11.9. The van der Waals surface area contributed by atoms with Crippen LogP contribution in [-0.4, -0.2) is 11.1 Å². The van der Waals surface area contributed by atoms with E-state index in [9.17, 15) is 4.79 Å². The van der Waals surface area contributed by atoms with E-state index in [1.54, 1.807) is 6.08 Å². The first-order valence-electron chi connectivity index (χ1n) is 6.26. The van der Waals surface area contributed by atoms with Crippen molar-refractivity contribution in [3.63, 3.8) is 0 Å². The molecular weight excluding hydrogens is 212 g/mol. The van der Waals surface area contributed by atoms with E-state index in [1.807, 2.05) is 12.1 Å². The van der Waals surface area contributed by atoms with Gasteiger partial charge in [-0.3, -0.25) is 0 Å². The predicted octanol–water partition coefficient (Wildman–Crippen LogP) is 3.83. The molecular formula is C15H18O2. The molecule has 1 aliphatic rings. The zero-order chi connectivity index (χ0) is 12.1. The van der Waals surface area contributed by atoms with Crippen LogP contribution in [0.15, 0.2) is 30.3 Å². The molecule has 90 valence electrons. The summed E-state index contributed by atoms with van der Waals surface area (Å²) in [7, 11) is 0. The van der Waals surface area contributed by atoms with Crippen molar-refractivity contribution < 1.29 is 9.90 Å². The fourth-order valence-electron chi connectivity index (χ4n) is 2.48. The molecule has 1 aromatic carbocycles. The van der Waals surface area contributed by atoms with Gasteiger partial charge >= 0.3 is 5.97 Å². The Morgan fingerprint density at radius 1 is 1.12 bits per heavy atom. The van der Waals surface area contributed by atoms with Gasteiger partial charge < -0.3 is 5.11 Å². The van der Waals surface area contributed by atoms with E-state index >= 15 is 0 Å². The second kappa shape index (κ2) is 5.67. The highest BCUT2D eigenvalue weighted by Crippen LogP contribution is 2.32. The Morgan fingerprint density at radius 3 is 2.35 bits per heavy atom. The summed E-state index contributed by atoms with van der Waals surface area (Å²) in [6.45, 7) is 0. The minimum atomic E-state index is -0.902. The maximum atomic E-state index is 10.4. The topological polar surface area (TPSA) is 37.3 Å². The van der Waals surface area contributed by atoms with Crippen LogP contribution >= 0.6 is 0 Å². The van der Waals surface area contributed by atoms with Crippen LogP contribution in [0.1, 0.15) is 49.1 Å². The second-order valence-corrected chi connectivity index (χ2v) is 4.67. The molecule has 0 unspecified atom stereocenters. The SMILES string of the molecule is O=C(O)/C=C/c1ccc(C2CCCCC2)cc1. The van der Waals surface area contributed by atoms with Crippen molar-refractivity contribution in [1.82, 2.24) is 0 Å². The van der Waals surface area contributed by atoms with E-state index in [0.29, 0.717) is 5.92 Å². The molecule has 1 aromatic rings. The summed E-state index contributed by atoms with van der Waals surface area (Å²) in [6, 6.07) is 8.28. The third kappa shape index (κ3) is 3.45. The summed E-state index contributed by atoms with van der Waals surface area (Å²) < 4.78 is 0. The number of aliphatic carboxylic acids is 1. The van der Waals surface area contributed by atoms with E-state index in [2.05, 4.69) is 12.1 Å². The molecule has 0 saturated heterocycles. The lowest BCUT2D eigenvalue weighted by Crippen LogP contribution is -2.04. The fourth-order valence-corrected chi connectivity index (χ4v) is 2.48. The van der Waals surface area contributed by atoms with Crippen LogP contribution < -0.4 is 0 Å². The molecule has 0 amide bonds. The normalized spacial score (nSPS) is 17.4. The molecule has 0 bridgehead atoms. The molecule has 1 N–H and O–H groups in total. The van der Waals surface area contributed by atoms with Gasteiger partial charge in [0.25, 0.3) is 0 Å². The van der Waals surface area contributed by atoms with Gasteiger partial charge in [0, 0.05) is 6.08 Å². The van der Waals surface area contributed by atoms with Crippen molar-refractivity contribution in [3.8, 4) is 0 Å². The Morgan fingerprint density at radius 2 is 1.76 bits per heavy atom. The Balaban J connectivity index is 2.04. The minimum absolute atomic E-state index is 0.709. The lowest BCUT2D eigenvalue weighted by molar-refractivity contribution is -0.131. The Kier molecular flexibility index (Phi) is 3.97. The van der Waals surface area contributed by atoms with Crippen LogP contribution in [0.4, 0.5) is 0 Å². The molecule has 0 aliphatic heterocycles. The summed E-state index contributed by atoms with van der Waals surface area (Å²) in [4.78, 5) is 10.4. The van der Waals surface area contributed by atoms with E-state index in [0.717, 1.165) is 5.56 Å². The quantitative estimate of drug-likeness (QED) is 0.801. The summed E-state index contributed by atoms with van der Waals surface area (Å²) in [6.07, 6.45) is 9.45. The first-order valence-corrected chi connectivity index (χ1v) is 6.26. The smallest absolute Gasteiger partial charge is 0.328 e. The summed E-state index contributed by atoms with van der Waals surface area (Å²) in [5.41, 5.74) is 2.35. The van der Waals surface area contributed by atoms with Crippen LogP contribution in [0.25, 0.3) is 6.08 Å². The van der Waals surface area contributed by atoms with E-state index in [4.69, 9.17) is 5.11 Å². The van der Waals surface area contributed by atoms with Crippen molar-refractivity contribution in [2.45, 2.75) is 38.0 Å². The van der Waals surface area contributed by atoms with E-state index in [-0.39, 0.29) is 0 Å². The maximum absolute atomic E-state index is 10.4. The molecule has 2 rings (SSSR count). The van der Waals surface area contributed by atoms with Crippen molar-refractivity contribution in [1.29, 1.82) is 0 Å². The van der Waals surface area contributed by atoms with Crippen molar-refractivity contribution in [3.05, 3.63) is 41.5 Å². The highest BCUT2D eigenvalue weighted by atomic mass is 16.4. The van der Waals surface area contributed by atoms with Crippen LogP contribution in [0.5, 0.6) is 0 Å². The largest absolute Gasteiger partial charge is 0.478 e. The van der Waals surface area contributed by atoms with Gasteiger partial charge in [0.15, 0.2) is 0 Å². The average Bonchev–Trinajstić information content (AvgIpc) is 2.38. The Labute approximate surface area is 102 Å². The van der Waals surface area contributed by atoms with Gasteiger partial charge in [-0.05, 0) is 36.0 Å². The van der Waals surface area contributed by atoms with Crippen LogP contribution in [0.3, 0.4) is 0 Å². The van der Waals surface area contributed by atoms with Gasteiger partial charge in [0.1, 0.15) is 0 Å². The second-order valence-electron chi connectivity index (χ2n) is 4.67. The van der Waals surface area contributed by atoms with Crippen LogP contribution in [0, 0.1) is 0 Å². The molecule has 0 radical (unpaired) electrons. The first-order chi connectivity index (χ1) is 8.25. The number of rotatable bonds is 3. The van der Waals surface area contributed by atoms with Crippen molar-refractivity contribution >= 4 is 12.0 Å². The van der Waals surface area contributed by atoms with Gasteiger partial charge in [-0.1, -0.05) is 43.5 Å². The zero-order valence-corrected chi connectivity index (χ0v) is 9.93. The number of carbonyl (C=O) groups is 1. The highest BCUT2D eigenvalue weighted by Gasteiger charge is 2.14. The lowest BCUT2D eigenvalue weighted by Gasteiger charge is -2.21. The van der Waals surface area contributed by atoms with Crippen molar-refractivity contribution in [2.24, 2.45) is 0 Å². The predicted molar refractivity (Wildman–Crippen MR) is 68.9 cm³/mol. The van der Waals surface area contributed by atoms with Crippen molar-refractivity contribution in [2.75, 3.05) is 0 Å². The van der Waals surface area contributed by atoms with E-state index in [1.165, 1.54) is 43.7 Å². The van der Waals surface area contributed by atoms with Gasteiger partial charge in [-0.2, -0.15) is 0 Å².